The summed E-state index contributed by atoms with van der Waals surface area (Å²) in [6.07, 6.45) is 3.55. The molecule has 2 rings (SSSR count). The maximum absolute atomic E-state index is 11.9. The van der Waals surface area contributed by atoms with E-state index in [2.05, 4.69) is 28.4 Å². The molecule has 0 bridgehead atoms. The van der Waals surface area contributed by atoms with E-state index in [-0.39, 0.29) is 6.32 Å². The van der Waals surface area contributed by atoms with Gasteiger partial charge in [-0.05, 0) is 43.8 Å². The lowest BCUT2D eigenvalue weighted by atomic mass is 9.81. The van der Waals surface area contributed by atoms with Gasteiger partial charge in [0.2, 0.25) is 0 Å². The third-order valence-corrected chi connectivity index (χ3v) is 5.27. The van der Waals surface area contributed by atoms with Gasteiger partial charge in [-0.15, -0.1) is 0 Å². The van der Waals surface area contributed by atoms with Crippen molar-refractivity contribution in [1.82, 2.24) is 10.2 Å². The van der Waals surface area contributed by atoms with Gasteiger partial charge < -0.3 is 20.5 Å². The highest BCUT2D eigenvalue weighted by atomic mass is 16.4. The Kier molecular flexibility index (Phi) is 7.44. The van der Waals surface area contributed by atoms with Crippen LogP contribution in [0.5, 0.6) is 0 Å². The van der Waals surface area contributed by atoms with Crippen molar-refractivity contribution in [2.45, 2.75) is 50.5 Å². The highest BCUT2D eigenvalue weighted by molar-refractivity contribution is 6.40. The first-order valence-electron chi connectivity index (χ1n) is 9.04. The number of carboxylic acids is 1. The zero-order chi connectivity index (χ0) is 18.3. The van der Waals surface area contributed by atoms with Crippen LogP contribution in [0.15, 0.2) is 24.3 Å². The summed E-state index contributed by atoms with van der Waals surface area (Å²) in [6.45, 7) is 2.55. The topological polar surface area (TPSA) is 93.0 Å². The second kappa shape index (κ2) is 9.34. The molecule has 6 nitrogen and oxygen atoms in total. The van der Waals surface area contributed by atoms with E-state index < -0.39 is 18.6 Å². The van der Waals surface area contributed by atoms with Crippen LogP contribution in [0.2, 0.25) is 6.32 Å². The summed E-state index contributed by atoms with van der Waals surface area (Å²) in [5.41, 5.74) is 1.76. The van der Waals surface area contributed by atoms with E-state index in [1.165, 1.54) is 11.1 Å². The summed E-state index contributed by atoms with van der Waals surface area (Å²) in [5.74, 6) is -0.836. The summed E-state index contributed by atoms with van der Waals surface area (Å²) in [4.78, 5) is 14.2. The van der Waals surface area contributed by atoms with E-state index in [4.69, 9.17) is 10.0 Å². The normalized spacial score (nSPS) is 16.9. The van der Waals surface area contributed by atoms with E-state index >= 15 is 0 Å². The summed E-state index contributed by atoms with van der Waals surface area (Å²) in [5, 5.41) is 30.6. The zero-order valence-electron chi connectivity index (χ0n) is 14.9. The summed E-state index contributed by atoms with van der Waals surface area (Å²) in [6, 6.07) is 8.42. The van der Waals surface area contributed by atoms with Gasteiger partial charge in [-0.3, -0.25) is 9.69 Å². The molecule has 4 N–H and O–H groups in total. The molecule has 25 heavy (non-hydrogen) atoms. The van der Waals surface area contributed by atoms with Gasteiger partial charge in [-0.1, -0.05) is 37.1 Å². The monoisotopic (exact) mass is 348 g/mol. The average molecular weight is 348 g/mol. The molecule has 0 saturated heterocycles. The van der Waals surface area contributed by atoms with Gasteiger partial charge in [0.15, 0.2) is 0 Å². The third kappa shape index (κ3) is 5.54. The van der Waals surface area contributed by atoms with Crippen molar-refractivity contribution in [3.8, 4) is 0 Å². The third-order valence-electron chi connectivity index (χ3n) is 5.27. The molecule has 0 amide bonds. The highest BCUT2D eigenvalue weighted by Crippen LogP contribution is 2.23. The first kappa shape index (κ1) is 19.9. The van der Waals surface area contributed by atoms with Gasteiger partial charge in [0.25, 0.3) is 0 Å². The predicted molar refractivity (Wildman–Crippen MR) is 98.3 cm³/mol. The SMILES string of the molecule is CNC(CCCCB(O)O)(CCN1CCc2ccccc2C1)C(=O)O. The van der Waals surface area contributed by atoms with Crippen LogP contribution in [0, 0.1) is 0 Å². The molecule has 1 aromatic rings. The molecular formula is C18H29BN2O4. The number of rotatable bonds is 10. The molecule has 0 saturated carbocycles. The first-order valence-corrected chi connectivity index (χ1v) is 9.04. The number of benzene rings is 1. The number of nitrogens with zero attached hydrogens (tertiary/aromatic N) is 1. The van der Waals surface area contributed by atoms with Gasteiger partial charge in [-0.25, -0.2) is 0 Å². The Morgan fingerprint density at radius 2 is 1.96 bits per heavy atom. The quantitative estimate of drug-likeness (QED) is 0.374. The van der Waals surface area contributed by atoms with Crippen molar-refractivity contribution in [2.24, 2.45) is 0 Å². The number of nitrogens with one attached hydrogen (secondary N) is 1. The Bertz CT molecular complexity index is 570. The molecule has 0 radical (unpaired) electrons. The van der Waals surface area contributed by atoms with Crippen LogP contribution < -0.4 is 5.32 Å². The molecule has 1 aromatic carbocycles. The van der Waals surface area contributed by atoms with Crippen molar-refractivity contribution >= 4 is 13.1 Å². The fourth-order valence-corrected chi connectivity index (χ4v) is 3.54. The predicted octanol–water partition coefficient (Wildman–Crippen LogP) is 1.12. The Balaban J connectivity index is 1.90. The largest absolute Gasteiger partial charge is 0.480 e. The second-order valence-corrected chi connectivity index (χ2v) is 6.91. The van der Waals surface area contributed by atoms with E-state index in [0.29, 0.717) is 25.7 Å². The highest BCUT2D eigenvalue weighted by Gasteiger charge is 2.36. The standard InChI is InChI=1S/C18H29BN2O4/c1-20-18(17(22)23,9-4-5-11-19(24)25)10-13-21-12-8-15-6-2-3-7-16(15)14-21/h2-3,6-7,20,24-25H,4-5,8-14H2,1H3,(H,22,23). The maximum Gasteiger partial charge on any atom is 0.451 e. The Morgan fingerprint density at radius 3 is 2.60 bits per heavy atom. The van der Waals surface area contributed by atoms with E-state index in [0.717, 1.165) is 26.1 Å². The van der Waals surface area contributed by atoms with Gasteiger partial charge in [0.05, 0.1) is 0 Å². The van der Waals surface area contributed by atoms with Crippen molar-refractivity contribution in [1.29, 1.82) is 0 Å². The molecule has 1 aliphatic rings. The molecule has 0 aromatic heterocycles. The number of likely N-dealkylation sites (N-methyl/N-ethyl adjacent to an activating group) is 1. The van der Waals surface area contributed by atoms with Crippen LogP contribution in [-0.4, -0.2) is 58.8 Å². The molecule has 1 aliphatic heterocycles. The van der Waals surface area contributed by atoms with Crippen molar-refractivity contribution < 1.29 is 19.9 Å². The van der Waals surface area contributed by atoms with Crippen molar-refractivity contribution in [3.63, 3.8) is 0 Å². The zero-order valence-corrected chi connectivity index (χ0v) is 14.9. The summed E-state index contributed by atoms with van der Waals surface area (Å²) in [7, 11) is 0.378. The average Bonchev–Trinajstić information content (AvgIpc) is 2.60. The number of hydrogen-bond donors (Lipinski definition) is 4. The Labute approximate surface area is 150 Å². The molecule has 138 valence electrons. The maximum atomic E-state index is 11.9. The lowest BCUT2D eigenvalue weighted by Crippen LogP contribution is -2.52. The lowest BCUT2D eigenvalue weighted by molar-refractivity contribution is -0.145. The molecule has 0 aliphatic carbocycles. The first-order chi connectivity index (χ1) is 12.0. The number of hydrogen-bond acceptors (Lipinski definition) is 5. The smallest absolute Gasteiger partial charge is 0.451 e. The van der Waals surface area contributed by atoms with Crippen molar-refractivity contribution in [2.75, 3.05) is 20.1 Å². The van der Waals surface area contributed by atoms with Gasteiger partial charge in [0, 0.05) is 19.6 Å². The second-order valence-electron chi connectivity index (χ2n) is 6.91. The lowest BCUT2D eigenvalue weighted by Gasteiger charge is -2.34. The van der Waals surface area contributed by atoms with Gasteiger partial charge >= 0.3 is 13.1 Å². The number of unbranched alkanes of at least 4 members (excludes halogenated alkanes) is 1. The molecule has 7 heteroatoms. The molecular weight excluding hydrogens is 319 g/mol. The minimum atomic E-state index is -1.32. The van der Waals surface area contributed by atoms with Crippen LogP contribution in [0.25, 0.3) is 0 Å². The van der Waals surface area contributed by atoms with E-state index in [1.807, 2.05) is 6.07 Å². The van der Waals surface area contributed by atoms with Crippen LogP contribution >= 0.6 is 0 Å². The summed E-state index contributed by atoms with van der Waals surface area (Å²) >= 11 is 0. The van der Waals surface area contributed by atoms with Gasteiger partial charge in [-0.2, -0.15) is 0 Å². The minimum Gasteiger partial charge on any atom is -0.480 e. The number of carbonyl (C=O) groups is 1. The van der Waals surface area contributed by atoms with Crippen molar-refractivity contribution in [3.05, 3.63) is 35.4 Å². The van der Waals surface area contributed by atoms with Gasteiger partial charge in [0.1, 0.15) is 5.54 Å². The number of fused-ring (bicyclic) bond motifs is 1. The number of aliphatic carboxylic acids is 1. The van der Waals surface area contributed by atoms with Crippen LogP contribution in [0.4, 0.5) is 0 Å². The van der Waals surface area contributed by atoms with Crippen LogP contribution in [0.1, 0.15) is 36.8 Å². The molecule has 1 atom stereocenters. The Hall–Kier alpha value is -1.41. The molecule has 1 heterocycles. The van der Waals surface area contributed by atoms with Crippen LogP contribution in [-0.2, 0) is 17.8 Å². The molecule has 0 fully saturated rings. The van der Waals surface area contributed by atoms with E-state index in [9.17, 15) is 9.90 Å². The number of carboxylic acid groups (broad SMARTS) is 1. The summed E-state index contributed by atoms with van der Waals surface area (Å²) < 4.78 is 0. The van der Waals surface area contributed by atoms with Crippen LogP contribution in [0.3, 0.4) is 0 Å². The minimum absolute atomic E-state index is 0.280. The fourth-order valence-electron chi connectivity index (χ4n) is 3.54. The fraction of sp³-hybridized carbons (Fsp3) is 0.611. The molecule has 0 spiro atoms. The van der Waals surface area contributed by atoms with E-state index in [1.54, 1.807) is 7.05 Å². The molecule has 1 unspecified atom stereocenters. The Morgan fingerprint density at radius 1 is 1.24 bits per heavy atom.